The highest BCUT2D eigenvalue weighted by Gasteiger charge is 2.45. The Kier molecular flexibility index (Phi) is 7.36. The summed E-state index contributed by atoms with van der Waals surface area (Å²) in [5.41, 5.74) is 2.44. The molecule has 2 aliphatic heterocycles. The van der Waals surface area contributed by atoms with Crippen molar-refractivity contribution < 1.29 is 26.9 Å². The Morgan fingerprint density at radius 1 is 1.12 bits per heavy atom. The predicted octanol–water partition coefficient (Wildman–Crippen LogP) is 6.04. The van der Waals surface area contributed by atoms with Crippen LogP contribution in [0.25, 0.3) is 0 Å². The number of amides is 1. The molecule has 6 nitrogen and oxygen atoms in total. The van der Waals surface area contributed by atoms with Crippen molar-refractivity contribution >= 4 is 15.8 Å². The number of hydrogen-bond donors (Lipinski definition) is 0. The minimum Gasteiger partial charge on any atom is -0.493 e. The third kappa shape index (κ3) is 5.49. The second-order valence-corrected chi connectivity index (χ2v) is 13.8. The number of fused-ring (bicyclic) bond motifs is 1. The van der Waals surface area contributed by atoms with E-state index < -0.39 is 27.7 Å². The zero-order chi connectivity index (χ0) is 28.1. The smallest absolute Gasteiger partial charge is 0.248 e. The molecular formula is C30H36F3N3O3S. The summed E-state index contributed by atoms with van der Waals surface area (Å²) in [6.45, 7) is 2.92. The Hall–Kier alpha value is -2.59. The van der Waals surface area contributed by atoms with E-state index in [-0.39, 0.29) is 55.1 Å². The van der Waals surface area contributed by atoms with E-state index in [4.69, 9.17) is 9.10 Å². The molecule has 1 saturated heterocycles. The van der Waals surface area contributed by atoms with Crippen LogP contribution in [0.2, 0.25) is 0 Å². The lowest BCUT2D eigenvalue weighted by molar-refractivity contribution is -0.141. The van der Waals surface area contributed by atoms with Crippen LogP contribution >= 0.6 is 0 Å². The van der Waals surface area contributed by atoms with Crippen molar-refractivity contribution in [3.8, 4) is 5.75 Å². The van der Waals surface area contributed by atoms with Crippen molar-refractivity contribution in [2.75, 3.05) is 13.2 Å². The number of hydrogen-bond acceptors (Lipinski definition) is 4. The van der Waals surface area contributed by atoms with Crippen LogP contribution in [0.4, 0.5) is 13.2 Å². The molecule has 2 heterocycles. The molecule has 216 valence electrons. The van der Waals surface area contributed by atoms with Gasteiger partial charge in [0.2, 0.25) is 11.8 Å². The van der Waals surface area contributed by atoms with Gasteiger partial charge in [0.1, 0.15) is 27.5 Å². The third-order valence-electron chi connectivity index (χ3n) is 8.62. The van der Waals surface area contributed by atoms with Crippen molar-refractivity contribution in [2.24, 2.45) is 4.36 Å². The number of aryl methyl sites for hydroxylation is 1. The molecule has 1 amide bonds. The first-order valence-corrected chi connectivity index (χ1v) is 15.8. The van der Waals surface area contributed by atoms with E-state index >= 15 is 0 Å². The zero-order valence-electron chi connectivity index (χ0n) is 22.8. The number of carbonyl (C=O) groups is 1. The fraction of sp³-hybridized carbons (Fsp3) is 0.567. The summed E-state index contributed by atoms with van der Waals surface area (Å²) in [5, 5.41) is 0. The average molecular weight is 576 g/mol. The molecular weight excluding hydrogens is 539 g/mol. The Morgan fingerprint density at radius 3 is 2.62 bits per heavy atom. The quantitative estimate of drug-likeness (QED) is 0.404. The fourth-order valence-corrected chi connectivity index (χ4v) is 8.63. The normalized spacial score (nSPS) is 24.2. The SMILES string of the molecule is Cc1ccc(S(=O)(=NC2CC2)N2CCC[C@H]2C(=O)N(Cc2ccc3c(c2)OCC3)C2CCC(F)(F)CC2)cc1F. The molecule has 2 aromatic carbocycles. The van der Waals surface area contributed by atoms with Crippen molar-refractivity contribution in [3.05, 3.63) is 58.9 Å². The number of ether oxygens (including phenoxy) is 1. The molecule has 4 aliphatic rings. The molecule has 10 heteroatoms. The Morgan fingerprint density at radius 2 is 1.90 bits per heavy atom. The van der Waals surface area contributed by atoms with E-state index in [1.165, 1.54) is 6.07 Å². The van der Waals surface area contributed by atoms with Crippen molar-refractivity contribution in [3.63, 3.8) is 0 Å². The van der Waals surface area contributed by atoms with Gasteiger partial charge in [-0.05, 0) is 80.3 Å². The molecule has 1 unspecified atom stereocenters. The molecule has 3 fully saturated rings. The standard InChI is InChI=1S/C30H36F3N3O3S/c1-20-4-9-25(18-26(20)31)40(38,34-23-7-8-23)36-15-2-3-27(36)29(37)35(24-10-13-30(32,33)14-11-24)19-21-5-6-22-12-16-39-28(22)17-21/h4-6,9,17-18,23-24,27H,2-3,7-8,10-16,19H2,1H3/t27-,40?/m0/s1. The molecule has 2 aromatic rings. The molecule has 40 heavy (non-hydrogen) atoms. The first-order valence-electron chi connectivity index (χ1n) is 14.4. The molecule has 0 spiro atoms. The topological polar surface area (TPSA) is 62.2 Å². The molecule has 6 rings (SSSR count). The van der Waals surface area contributed by atoms with Crippen LogP contribution in [0, 0.1) is 12.7 Å². The lowest BCUT2D eigenvalue weighted by atomic mass is 9.90. The Balaban J connectivity index is 1.34. The molecule has 0 radical (unpaired) electrons. The number of carbonyl (C=O) groups excluding carboxylic acids is 1. The average Bonchev–Trinajstić information content (AvgIpc) is 3.38. The summed E-state index contributed by atoms with van der Waals surface area (Å²) in [6.07, 6.45) is 3.49. The molecule has 0 aromatic heterocycles. The number of halogens is 3. The van der Waals surface area contributed by atoms with Crippen LogP contribution in [-0.4, -0.2) is 56.5 Å². The fourth-order valence-electron chi connectivity index (χ4n) is 6.08. The highest BCUT2D eigenvalue weighted by Crippen LogP contribution is 2.39. The van der Waals surface area contributed by atoms with E-state index in [0.29, 0.717) is 31.6 Å². The second-order valence-electron chi connectivity index (χ2n) is 11.6. The van der Waals surface area contributed by atoms with Crippen LogP contribution in [0.5, 0.6) is 5.75 Å². The van der Waals surface area contributed by atoms with Crippen molar-refractivity contribution in [1.29, 1.82) is 0 Å². The van der Waals surface area contributed by atoms with E-state index in [1.807, 2.05) is 18.2 Å². The second kappa shape index (κ2) is 10.7. The van der Waals surface area contributed by atoms with E-state index in [9.17, 15) is 22.2 Å². The van der Waals surface area contributed by atoms with Crippen LogP contribution in [0.1, 0.15) is 68.1 Å². The molecule has 2 saturated carbocycles. The number of benzene rings is 2. The van der Waals surface area contributed by atoms with Gasteiger partial charge in [0.25, 0.3) is 0 Å². The van der Waals surface area contributed by atoms with Crippen molar-refractivity contribution in [2.45, 2.75) is 100 Å². The first-order chi connectivity index (χ1) is 19.1. The van der Waals surface area contributed by atoms with Gasteiger partial charge in [-0.15, -0.1) is 0 Å². The maximum absolute atomic E-state index is 14.7. The van der Waals surface area contributed by atoms with Crippen LogP contribution < -0.4 is 4.74 Å². The van der Waals surface area contributed by atoms with Crippen LogP contribution in [0.15, 0.2) is 45.7 Å². The lowest BCUT2D eigenvalue weighted by Gasteiger charge is -2.39. The van der Waals surface area contributed by atoms with Crippen LogP contribution in [-0.2, 0) is 27.7 Å². The summed E-state index contributed by atoms with van der Waals surface area (Å²) >= 11 is 0. The van der Waals surface area contributed by atoms with Gasteiger partial charge >= 0.3 is 0 Å². The number of alkyl halides is 2. The lowest BCUT2D eigenvalue weighted by Crippen LogP contribution is -2.52. The predicted molar refractivity (Wildman–Crippen MR) is 146 cm³/mol. The van der Waals surface area contributed by atoms with Gasteiger partial charge in [0, 0.05) is 38.4 Å². The minimum atomic E-state index is -3.25. The van der Waals surface area contributed by atoms with E-state index in [0.717, 1.165) is 36.1 Å². The van der Waals surface area contributed by atoms with Gasteiger partial charge in [-0.25, -0.2) is 26.0 Å². The van der Waals surface area contributed by atoms with Gasteiger partial charge in [-0.3, -0.25) is 4.79 Å². The highest BCUT2D eigenvalue weighted by molar-refractivity contribution is 7.91. The van der Waals surface area contributed by atoms with E-state index in [1.54, 1.807) is 28.3 Å². The Bertz CT molecular complexity index is 1410. The summed E-state index contributed by atoms with van der Waals surface area (Å²) in [7, 11) is -3.25. The van der Waals surface area contributed by atoms with Crippen LogP contribution in [0.3, 0.4) is 0 Å². The van der Waals surface area contributed by atoms with Gasteiger partial charge in [-0.1, -0.05) is 18.2 Å². The number of nitrogens with zero attached hydrogens (tertiary/aromatic N) is 3. The molecule has 2 atom stereocenters. The Labute approximate surface area is 234 Å². The maximum Gasteiger partial charge on any atom is 0.248 e. The highest BCUT2D eigenvalue weighted by atomic mass is 32.2. The van der Waals surface area contributed by atoms with Gasteiger partial charge in [-0.2, -0.15) is 0 Å². The number of rotatable bonds is 7. The van der Waals surface area contributed by atoms with Gasteiger partial charge in [0.15, 0.2) is 0 Å². The third-order valence-corrected chi connectivity index (χ3v) is 11.1. The summed E-state index contributed by atoms with van der Waals surface area (Å²) in [4.78, 5) is 16.4. The summed E-state index contributed by atoms with van der Waals surface area (Å²) in [5.74, 6) is -2.60. The van der Waals surface area contributed by atoms with E-state index in [2.05, 4.69) is 0 Å². The van der Waals surface area contributed by atoms with Gasteiger partial charge in [0.05, 0.1) is 17.5 Å². The summed E-state index contributed by atoms with van der Waals surface area (Å²) < 4.78 is 69.6. The first kappa shape index (κ1) is 27.6. The minimum absolute atomic E-state index is 0.0729. The van der Waals surface area contributed by atoms with Gasteiger partial charge < -0.3 is 9.64 Å². The monoisotopic (exact) mass is 575 g/mol. The zero-order valence-corrected chi connectivity index (χ0v) is 23.6. The summed E-state index contributed by atoms with van der Waals surface area (Å²) in [6, 6.07) is 9.30. The molecule has 0 N–H and O–H groups in total. The molecule has 0 bridgehead atoms. The molecule has 2 aliphatic carbocycles. The maximum atomic E-state index is 14.7. The largest absolute Gasteiger partial charge is 0.493 e. The van der Waals surface area contributed by atoms with Crippen molar-refractivity contribution in [1.82, 2.24) is 9.21 Å².